The topological polar surface area (TPSA) is 61.5 Å². The molecule has 2 N–H and O–H groups in total. The van der Waals surface area contributed by atoms with Gasteiger partial charge >= 0.3 is 5.97 Å². The minimum absolute atomic E-state index is 0.234. The number of methoxy groups -OCH3 is 1. The van der Waals surface area contributed by atoms with Gasteiger partial charge in [-0.2, -0.15) is 0 Å². The van der Waals surface area contributed by atoms with E-state index in [0.717, 1.165) is 13.2 Å². The molecule has 0 aromatic carbocycles. The van der Waals surface area contributed by atoms with Crippen LogP contribution in [-0.2, 0) is 14.3 Å². The van der Waals surface area contributed by atoms with Gasteiger partial charge in [0.25, 0.3) is 0 Å². The van der Waals surface area contributed by atoms with Gasteiger partial charge in [-0.25, -0.2) is 4.79 Å². The van der Waals surface area contributed by atoms with Crippen molar-refractivity contribution in [3.05, 3.63) is 0 Å². The van der Waals surface area contributed by atoms with E-state index in [0.29, 0.717) is 5.41 Å². The average Bonchev–Trinajstić information content (AvgIpc) is 2.49. The Balaban J connectivity index is 0.000000241. The molecule has 1 aliphatic rings. The van der Waals surface area contributed by atoms with Crippen molar-refractivity contribution < 1.29 is 14.3 Å². The van der Waals surface area contributed by atoms with Gasteiger partial charge in [-0.3, -0.25) is 0 Å². The van der Waals surface area contributed by atoms with Crippen molar-refractivity contribution >= 4 is 23.2 Å². The molecule has 1 fully saturated rings. The zero-order chi connectivity index (χ0) is 11.2. The van der Waals surface area contributed by atoms with Gasteiger partial charge in [0.1, 0.15) is 0 Å². The largest absolute Gasteiger partial charge is 0.464 e. The number of hydrogen-bond acceptors (Lipinski definition) is 4. The molecule has 1 aliphatic heterocycles. The molecule has 1 saturated heterocycles. The van der Waals surface area contributed by atoms with Crippen molar-refractivity contribution in [1.29, 1.82) is 0 Å². The normalized spacial score (nSPS) is 17.9. The lowest BCUT2D eigenvalue weighted by atomic mass is 9.94. The lowest BCUT2D eigenvalue weighted by molar-refractivity contribution is -0.132. The molecule has 0 saturated carbocycles. The smallest absolute Gasteiger partial charge is 0.365 e. The molecule has 0 aliphatic carbocycles. The van der Waals surface area contributed by atoms with Gasteiger partial charge < -0.3 is 15.2 Å². The first-order chi connectivity index (χ1) is 6.39. The van der Waals surface area contributed by atoms with Crippen LogP contribution in [0, 0.1) is 5.41 Å². The third kappa shape index (κ3) is 5.88. The van der Waals surface area contributed by atoms with Crippen LogP contribution in [0.25, 0.3) is 0 Å². The van der Waals surface area contributed by atoms with Crippen LogP contribution in [0.2, 0.25) is 0 Å². The Morgan fingerprint density at radius 3 is 2.21 bits per heavy atom. The van der Waals surface area contributed by atoms with E-state index < -0.39 is 5.97 Å². The number of hydrogen-bond donors (Lipinski definition) is 1. The maximum absolute atomic E-state index is 10.0. The van der Waals surface area contributed by atoms with Gasteiger partial charge in [-0.1, -0.05) is 26.1 Å². The maximum Gasteiger partial charge on any atom is 0.365 e. The standard InChI is InChI=1S/C6H12O.C3H5NO2S/c1-6(2)3-4-7-5-6;1-6-3(5)2(4)7/h3-5H2,1-2H3;1H3,(H2,4,7). The number of carbonyl (C=O) groups excluding carboxylic acids is 1. The number of ether oxygens (including phenoxy) is 2. The zero-order valence-electron chi connectivity index (χ0n) is 8.83. The molecule has 1 heterocycles. The van der Waals surface area contributed by atoms with E-state index in [1.165, 1.54) is 13.5 Å². The summed E-state index contributed by atoms with van der Waals surface area (Å²) in [5, 5.41) is 0. The second kappa shape index (κ2) is 5.93. The molecule has 82 valence electrons. The summed E-state index contributed by atoms with van der Waals surface area (Å²) in [6.45, 7) is 6.39. The minimum Gasteiger partial charge on any atom is -0.464 e. The molecular formula is C9H17NO3S. The summed E-state index contributed by atoms with van der Waals surface area (Å²) in [6.07, 6.45) is 1.23. The molecule has 0 radical (unpaired) electrons. The highest BCUT2D eigenvalue weighted by Gasteiger charge is 2.22. The van der Waals surface area contributed by atoms with E-state index in [1.807, 2.05) is 0 Å². The molecule has 4 nitrogen and oxygen atoms in total. The number of nitrogens with two attached hydrogens (primary N) is 1. The van der Waals surface area contributed by atoms with Gasteiger partial charge in [0, 0.05) is 6.61 Å². The number of carbonyl (C=O) groups is 1. The van der Waals surface area contributed by atoms with E-state index in [-0.39, 0.29) is 4.99 Å². The molecule has 0 aromatic rings. The summed E-state index contributed by atoms with van der Waals surface area (Å²) >= 11 is 4.22. The van der Waals surface area contributed by atoms with Crippen LogP contribution in [0.1, 0.15) is 20.3 Å². The molecule has 14 heavy (non-hydrogen) atoms. The molecule has 0 amide bonds. The Labute approximate surface area is 89.7 Å². The highest BCUT2D eigenvalue weighted by molar-refractivity contribution is 7.81. The van der Waals surface area contributed by atoms with E-state index in [9.17, 15) is 4.79 Å². The monoisotopic (exact) mass is 219 g/mol. The third-order valence-electron chi connectivity index (χ3n) is 1.80. The molecule has 0 atom stereocenters. The van der Waals surface area contributed by atoms with Gasteiger partial charge in [0.2, 0.25) is 0 Å². The summed E-state index contributed by atoms with van der Waals surface area (Å²) in [6, 6.07) is 0. The zero-order valence-corrected chi connectivity index (χ0v) is 9.65. The Kier molecular flexibility index (Phi) is 5.64. The fraction of sp³-hybridized carbons (Fsp3) is 0.778. The second-order valence-electron chi connectivity index (χ2n) is 3.82. The fourth-order valence-corrected chi connectivity index (χ4v) is 0.953. The predicted octanol–water partition coefficient (Wildman–Crippen LogP) is 0.878. The minimum atomic E-state index is -0.644. The highest BCUT2D eigenvalue weighted by atomic mass is 32.1. The van der Waals surface area contributed by atoms with Crippen molar-refractivity contribution in [2.24, 2.45) is 11.1 Å². The van der Waals surface area contributed by atoms with E-state index >= 15 is 0 Å². The fourth-order valence-electron chi connectivity index (χ4n) is 0.870. The van der Waals surface area contributed by atoms with Crippen molar-refractivity contribution in [1.82, 2.24) is 0 Å². The molecule has 0 unspecified atom stereocenters. The average molecular weight is 219 g/mol. The second-order valence-corrected chi connectivity index (χ2v) is 4.26. The van der Waals surface area contributed by atoms with Crippen molar-refractivity contribution in [3.8, 4) is 0 Å². The van der Waals surface area contributed by atoms with E-state index in [1.54, 1.807) is 0 Å². The van der Waals surface area contributed by atoms with Crippen molar-refractivity contribution in [2.75, 3.05) is 20.3 Å². The van der Waals surface area contributed by atoms with Crippen LogP contribution in [-0.4, -0.2) is 31.3 Å². The van der Waals surface area contributed by atoms with Crippen molar-refractivity contribution in [2.45, 2.75) is 20.3 Å². The number of thiocarbonyl (C=S) groups is 1. The predicted molar refractivity (Wildman–Crippen MR) is 58.0 cm³/mol. The quantitative estimate of drug-likeness (QED) is 0.484. The Morgan fingerprint density at radius 2 is 2.14 bits per heavy atom. The first kappa shape index (κ1) is 13.3. The van der Waals surface area contributed by atoms with Crippen molar-refractivity contribution in [3.63, 3.8) is 0 Å². The molecule has 1 rings (SSSR count). The number of esters is 1. The Bertz CT molecular complexity index is 208. The van der Waals surface area contributed by atoms with E-state index in [4.69, 9.17) is 10.5 Å². The van der Waals surface area contributed by atoms with Crippen LogP contribution in [0.3, 0.4) is 0 Å². The molecule has 0 aromatic heterocycles. The van der Waals surface area contributed by atoms with Gasteiger partial charge in [0.15, 0.2) is 4.99 Å². The van der Waals surface area contributed by atoms with Crippen LogP contribution in [0.15, 0.2) is 0 Å². The highest BCUT2D eigenvalue weighted by Crippen LogP contribution is 2.25. The molecule has 0 spiro atoms. The summed E-state index contributed by atoms with van der Waals surface area (Å²) in [7, 11) is 1.22. The van der Waals surface area contributed by atoms with Crippen LogP contribution in [0.5, 0.6) is 0 Å². The molecule has 0 bridgehead atoms. The number of rotatable bonds is 0. The Morgan fingerprint density at radius 1 is 1.57 bits per heavy atom. The van der Waals surface area contributed by atoms with Crippen LogP contribution < -0.4 is 5.73 Å². The van der Waals surface area contributed by atoms with Gasteiger partial charge in [-0.05, 0) is 11.8 Å². The first-order valence-electron chi connectivity index (χ1n) is 4.34. The van der Waals surface area contributed by atoms with Gasteiger partial charge in [-0.15, -0.1) is 0 Å². The molecule has 5 heteroatoms. The van der Waals surface area contributed by atoms with Crippen LogP contribution in [0.4, 0.5) is 0 Å². The first-order valence-corrected chi connectivity index (χ1v) is 4.75. The van der Waals surface area contributed by atoms with E-state index in [2.05, 4.69) is 30.8 Å². The summed E-state index contributed by atoms with van der Waals surface area (Å²) in [5.74, 6) is -0.644. The lowest BCUT2D eigenvalue weighted by Crippen LogP contribution is -2.21. The Hall–Kier alpha value is -0.680. The molecular weight excluding hydrogens is 202 g/mol. The van der Waals surface area contributed by atoms with Crippen LogP contribution >= 0.6 is 12.2 Å². The summed E-state index contributed by atoms with van der Waals surface area (Å²) in [4.78, 5) is 9.79. The summed E-state index contributed by atoms with van der Waals surface area (Å²) in [5.41, 5.74) is 5.28. The van der Waals surface area contributed by atoms with Gasteiger partial charge in [0.05, 0.1) is 13.7 Å². The SMILES string of the molecule is CC1(C)CCOC1.COC(=O)C(N)=S. The third-order valence-corrected chi connectivity index (χ3v) is 1.97. The lowest BCUT2D eigenvalue weighted by Gasteiger charge is -2.11. The summed E-state index contributed by atoms with van der Waals surface area (Å²) < 4.78 is 9.27. The maximum atomic E-state index is 10.0.